The van der Waals surface area contributed by atoms with Crippen molar-refractivity contribution in [2.24, 2.45) is 0 Å². The molecule has 0 N–H and O–H groups in total. The van der Waals surface area contributed by atoms with Gasteiger partial charge in [0.25, 0.3) is 0 Å². The molecule has 2 aromatic rings. The third-order valence-electron chi connectivity index (χ3n) is 3.10. The number of hydrogen-bond acceptors (Lipinski definition) is 1. The molecule has 1 nitrogen and oxygen atoms in total. The Morgan fingerprint density at radius 3 is 2.50 bits per heavy atom. The summed E-state index contributed by atoms with van der Waals surface area (Å²) >= 11 is 1.91. The fourth-order valence-corrected chi connectivity index (χ4v) is 4.46. The second-order valence-electron chi connectivity index (χ2n) is 5.90. The minimum Gasteiger partial charge on any atom is -1.00 e. The number of aryl methyl sites for hydroxylation is 2. The Hall–Kier alpha value is 0.0569. The van der Waals surface area contributed by atoms with Crippen LogP contribution in [0.15, 0.2) is 24.3 Å². The van der Waals surface area contributed by atoms with Crippen molar-refractivity contribution in [2.45, 2.75) is 45.6 Å². The van der Waals surface area contributed by atoms with E-state index in [0.717, 1.165) is 0 Å². The molecule has 0 bridgehead atoms. The fourth-order valence-electron chi connectivity index (χ4n) is 2.20. The van der Waals surface area contributed by atoms with Crippen LogP contribution >= 0.6 is 11.3 Å². The van der Waals surface area contributed by atoms with Gasteiger partial charge >= 0.3 is 0 Å². The lowest BCUT2D eigenvalue weighted by molar-refractivity contribution is -0.672. The van der Waals surface area contributed by atoms with E-state index in [1.54, 1.807) is 0 Å². The molecule has 100 valence electrons. The first kappa shape index (κ1) is 16.1. The zero-order chi connectivity index (χ0) is 12.5. The van der Waals surface area contributed by atoms with Crippen molar-refractivity contribution >= 4 is 29.6 Å². The number of aromatic nitrogens is 1. The van der Waals surface area contributed by atoms with Gasteiger partial charge in [0.05, 0.1) is 0 Å². The molecule has 1 aromatic heterocycles. The molecule has 0 atom stereocenters. The summed E-state index contributed by atoms with van der Waals surface area (Å²) in [5.74, 6) is 0. The minimum atomic E-state index is -0.885. The van der Waals surface area contributed by atoms with Crippen molar-refractivity contribution in [1.82, 2.24) is 0 Å². The zero-order valence-electron chi connectivity index (χ0n) is 11.7. The lowest BCUT2D eigenvalue weighted by atomic mass is 10.3. The van der Waals surface area contributed by atoms with Gasteiger partial charge in [-0.25, -0.2) is 0 Å². The van der Waals surface area contributed by atoms with E-state index in [2.05, 4.69) is 55.4 Å². The van der Waals surface area contributed by atoms with E-state index in [-0.39, 0.29) is 24.0 Å². The van der Waals surface area contributed by atoms with E-state index in [1.807, 2.05) is 11.3 Å². The van der Waals surface area contributed by atoms with Gasteiger partial charge in [0, 0.05) is 27.5 Å². The van der Waals surface area contributed by atoms with Crippen molar-refractivity contribution in [3.63, 3.8) is 0 Å². The highest BCUT2D eigenvalue weighted by atomic mass is 127. The molecule has 0 saturated heterocycles. The fraction of sp³-hybridized carbons (Fsp3) is 0.500. The van der Waals surface area contributed by atoms with E-state index >= 15 is 0 Å². The molecule has 1 aromatic carbocycles. The van der Waals surface area contributed by atoms with Crippen LogP contribution in [0.25, 0.3) is 10.2 Å². The molecule has 0 amide bonds. The molecule has 4 heteroatoms. The van der Waals surface area contributed by atoms with E-state index < -0.39 is 8.07 Å². The Morgan fingerprint density at radius 2 is 1.83 bits per heavy atom. The van der Waals surface area contributed by atoms with Gasteiger partial charge in [-0.2, -0.15) is 4.57 Å². The van der Waals surface area contributed by atoms with Crippen molar-refractivity contribution < 1.29 is 28.5 Å². The molecule has 2 rings (SSSR count). The Morgan fingerprint density at radius 1 is 1.17 bits per heavy atom. The minimum absolute atomic E-state index is 0. The van der Waals surface area contributed by atoms with Crippen LogP contribution in [0.4, 0.5) is 0 Å². The summed E-state index contributed by atoms with van der Waals surface area (Å²) in [6.07, 6.45) is 1.32. The summed E-state index contributed by atoms with van der Waals surface area (Å²) in [4.78, 5) is 0. The lowest BCUT2D eigenvalue weighted by Gasteiger charge is -2.13. The Bertz CT molecular complexity index is 516. The van der Waals surface area contributed by atoms with Crippen LogP contribution in [-0.4, -0.2) is 8.07 Å². The first-order valence-electron chi connectivity index (χ1n) is 6.35. The van der Waals surface area contributed by atoms with Gasteiger partial charge in [0.2, 0.25) is 10.5 Å². The lowest BCUT2D eigenvalue weighted by Crippen LogP contribution is -3.00. The van der Waals surface area contributed by atoms with E-state index in [4.69, 9.17) is 0 Å². The summed E-state index contributed by atoms with van der Waals surface area (Å²) in [6, 6.07) is 10.2. The molecule has 0 aliphatic heterocycles. The van der Waals surface area contributed by atoms with Crippen LogP contribution < -0.4 is 28.5 Å². The number of hydrogen-bond donors (Lipinski definition) is 0. The Labute approximate surface area is 132 Å². The quantitative estimate of drug-likeness (QED) is 0.420. The van der Waals surface area contributed by atoms with Gasteiger partial charge in [-0.05, 0) is 6.07 Å². The second kappa shape index (κ2) is 6.48. The third kappa shape index (κ3) is 4.03. The summed E-state index contributed by atoms with van der Waals surface area (Å²) in [7, 11) is -0.885. The Kier molecular flexibility index (Phi) is 5.80. The summed E-state index contributed by atoms with van der Waals surface area (Å²) < 4.78 is 3.90. The van der Waals surface area contributed by atoms with E-state index in [1.165, 1.54) is 34.2 Å². The predicted octanol–water partition coefficient (Wildman–Crippen LogP) is 1.23. The molecule has 1 heterocycles. The van der Waals surface area contributed by atoms with Crippen LogP contribution in [0.5, 0.6) is 0 Å². The average Bonchev–Trinajstić information content (AvgIpc) is 2.54. The summed E-state index contributed by atoms with van der Waals surface area (Å²) in [6.45, 7) is 10.8. The molecule has 0 unspecified atom stereocenters. The number of para-hydroxylation sites is 1. The number of benzene rings is 1. The van der Waals surface area contributed by atoms with Crippen molar-refractivity contribution in [3.05, 3.63) is 29.3 Å². The monoisotopic (exact) mass is 391 g/mol. The smallest absolute Gasteiger partial charge is 0.235 e. The van der Waals surface area contributed by atoms with Gasteiger partial charge < -0.3 is 24.0 Å². The molecule has 18 heavy (non-hydrogen) atoms. The van der Waals surface area contributed by atoms with Crippen LogP contribution in [-0.2, 0) is 6.54 Å². The van der Waals surface area contributed by atoms with Gasteiger partial charge in [-0.3, -0.25) is 0 Å². The molecule has 0 aliphatic carbocycles. The topological polar surface area (TPSA) is 3.88 Å². The van der Waals surface area contributed by atoms with Crippen LogP contribution in [0.1, 0.15) is 11.4 Å². The maximum Gasteiger partial charge on any atom is 0.235 e. The number of nitrogens with zero attached hydrogens (tertiary/aromatic N) is 1. The number of fused-ring (bicyclic) bond motifs is 1. The number of halogens is 1. The van der Waals surface area contributed by atoms with Gasteiger partial charge in [-0.15, -0.1) is 0 Å². The van der Waals surface area contributed by atoms with Gasteiger partial charge in [0.1, 0.15) is 11.2 Å². The molecule has 0 saturated carbocycles. The normalized spacial score (nSPS) is 11.6. The first-order chi connectivity index (χ1) is 7.97. The molecular formula is C14H22INSSi. The highest BCUT2D eigenvalue weighted by Gasteiger charge is 2.18. The van der Waals surface area contributed by atoms with E-state index in [9.17, 15) is 0 Å². The average molecular weight is 391 g/mol. The van der Waals surface area contributed by atoms with Crippen molar-refractivity contribution in [2.75, 3.05) is 0 Å². The highest BCUT2D eigenvalue weighted by molar-refractivity contribution is 7.18. The number of thiazole rings is 1. The zero-order valence-corrected chi connectivity index (χ0v) is 15.6. The highest BCUT2D eigenvalue weighted by Crippen LogP contribution is 2.20. The molecule has 0 spiro atoms. The number of rotatable bonds is 4. The largest absolute Gasteiger partial charge is 1.00 e. The molecular weight excluding hydrogens is 369 g/mol. The van der Waals surface area contributed by atoms with Crippen molar-refractivity contribution in [1.29, 1.82) is 0 Å². The van der Waals surface area contributed by atoms with Gasteiger partial charge in [0.15, 0.2) is 0 Å². The SMILES string of the molecule is Cc1sc2ccccc2[n+]1CCC[Si](C)(C)C.[I-]. The third-order valence-corrected chi connectivity index (χ3v) is 6.04. The Balaban J connectivity index is 0.00000162. The maximum absolute atomic E-state index is 2.49. The van der Waals surface area contributed by atoms with Crippen LogP contribution in [0.2, 0.25) is 25.7 Å². The maximum atomic E-state index is 2.49. The summed E-state index contributed by atoms with van der Waals surface area (Å²) in [5, 5.41) is 1.43. The van der Waals surface area contributed by atoms with Crippen molar-refractivity contribution in [3.8, 4) is 0 Å². The molecule has 0 radical (unpaired) electrons. The molecule has 0 aliphatic rings. The van der Waals surface area contributed by atoms with Crippen LogP contribution in [0.3, 0.4) is 0 Å². The standard InChI is InChI=1S/C14H22NSSi.HI/c1-12-15(10-7-11-17(2,3)4)13-8-5-6-9-14(13)16-12;/h5-6,8-9H,7,10-11H2,1-4H3;1H/q+1;/p-1. The predicted molar refractivity (Wildman–Crippen MR) is 79.5 cm³/mol. The second-order valence-corrected chi connectivity index (χ2v) is 12.8. The van der Waals surface area contributed by atoms with E-state index in [0.29, 0.717) is 0 Å². The van der Waals surface area contributed by atoms with Crippen LogP contribution in [0, 0.1) is 6.92 Å². The first-order valence-corrected chi connectivity index (χ1v) is 10.9. The summed E-state index contributed by atoms with van der Waals surface area (Å²) in [5.41, 5.74) is 1.41. The van der Waals surface area contributed by atoms with Gasteiger partial charge in [-0.1, -0.05) is 49.2 Å². The molecule has 0 fully saturated rings.